The summed E-state index contributed by atoms with van der Waals surface area (Å²) < 4.78 is 5.33. The Labute approximate surface area is 153 Å². The Morgan fingerprint density at radius 3 is 2.92 bits per heavy atom. The highest BCUT2D eigenvalue weighted by molar-refractivity contribution is 7.99. The van der Waals surface area contributed by atoms with Crippen LogP contribution >= 0.6 is 23.5 Å². The average Bonchev–Trinajstić information content (AvgIpc) is 3.04. The summed E-state index contributed by atoms with van der Waals surface area (Å²) in [5.74, 6) is -0.334. The number of anilines is 1. The van der Waals surface area contributed by atoms with Crippen LogP contribution in [0.2, 0.25) is 5.02 Å². The molecule has 0 radical (unpaired) electrons. The highest BCUT2D eigenvalue weighted by Crippen LogP contribution is 2.33. The molecule has 3 aromatic rings. The van der Waals surface area contributed by atoms with E-state index in [9.17, 15) is 4.79 Å². The van der Waals surface area contributed by atoms with E-state index in [0.717, 1.165) is 34.9 Å². The maximum absolute atomic E-state index is 12.0. The summed E-state index contributed by atoms with van der Waals surface area (Å²) in [6, 6.07) is 9.18. The molecule has 0 aliphatic carbocycles. The molecule has 3 rings (SSSR count). The molecule has 1 atom stereocenters. The molecule has 6 nitrogen and oxygen atoms in total. The van der Waals surface area contributed by atoms with E-state index >= 15 is 0 Å². The zero-order valence-corrected chi connectivity index (χ0v) is 14.8. The SMILES string of the molecule is Cc1cc(-c2cc3ocnc3cc2Cl)ccc1NC(=O)C(C=N)SN. The number of benzene rings is 2. The van der Waals surface area contributed by atoms with Crippen LogP contribution in [0.4, 0.5) is 5.69 Å². The van der Waals surface area contributed by atoms with Gasteiger partial charge in [-0.15, -0.1) is 0 Å². The van der Waals surface area contributed by atoms with Crippen molar-refractivity contribution in [2.75, 3.05) is 5.32 Å². The number of aromatic nitrogens is 1. The largest absolute Gasteiger partial charge is 0.443 e. The van der Waals surface area contributed by atoms with Crippen LogP contribution in [-0.4, -0.2) is 22.4 Å². The Bertz CT molecular complexity index is 957. The lowest BCUT2D eigenvalue weighted by Crippen LogP contribution is -2.27. The summed E-state index contributed by atoms with van der Waals surface area (Å²) >= 11 is 7.18. The molecule has 128 valence electrons. The number of hydrogen-bond donors (Lipinski definition) is 3. The van der Waals surface area contributed by atoms with Crippen molar-refractivity contribution in [3.63, 3.8) is 0 Å². The van der Waals surface area contributed by atoms with Crippen LogP contribution in [0.25, 0.3) is 22.2 Å². The maximum atomic E-state index is 12.0. The second-order valence-corrected chi connectivity index (χ2v) is 6.58. The molecule has 8 heteroatoms. The summed E-state index contributed by atoms with van der Waals surface area (Å²) in [6.07, 6.45) is 2.39. The topological polar surface area (TPSA) is 105 Å². The maximum Gasteiger partial charge on any atom is 0.244 e. The quantitative estimate of drug-likeness (QED) is 0.462. The molecule has 0 aliphatic heterocycles. The lowest BCUT2D eigenvalue weighted by molar-refractivity contribution is -0.114. The molecule has 1 aromatic heterocycles. The van der Waals surface area contributed by atoms with Gasteiger partial charge < -0.3 is 15.1 Å². The van der Waals surface area contributed by atoms with Gasteiger partial charge in [0, 0.05) is 17.5 Å². The number of rotatable bonds is 5. The summed E-state index contributed by atoms with van der Waals surface area (Å²) in [5.41, 5.74) is 4.60. The molecule has 0 spiro atoms. The first-order chi connectivity index (χ1) is 12.0. The minimum absolute atomic E-state index is 0.334. The van der Waals surface area contributed by atoms with E-state index < -0.39 is 5.25 Å². The van der Waals surface area contributed by atoms with Crippen molar-refractivity contribution in [3.8, 4) is 11.1 Å². The number of halogens is 1. The van der Waals surface area contributed by atoms with E-state index in [2.05, 4.69) is 10.3 Å². The molecular formula is C17H15ClN4O2S. The summed E-state index contributed by atoms with van der Waals surface area (Å²) in [4.78, 5) is 16.1. The van der Waals surface area contributed by atoms with Crippen molar-refractivity contribution in [2.24, 2.45) is 5.14 Å². The van der Waals surface area contributed by atoms with Gasteiger partial charge in [-0.2, -0.15) is 0 Å². The van der Waals surface area contributed by atoms with Gasteiger partial charge in [0.05, 0.1) is 5.02 Å². The number of aryl methyl sites for hydroxylation is 1. The van der Waals surface area contributed by atoms with Crippen molar-refractivity contribution in [3.05, 3.63) is 47.3 Å². The minimum atomic E-state index is -0.720. The first-order valence-corrected chi connectivity index (χ1v) is 8.66. The van der Waals surface area contributed by atoms with Crippen LogP contribution < -0.4 is 10.5 Å². The monoisotopic (exact) mass is 374 g/mol. The zero-order chi connectivity index (χ0) is 18.0. The fourth-order valence-electron chi connectivity index (χ4n) is 2.45. The van der Waals surface area contributed by atoms with Gasteiger partial charge in [0.1, 0.15) is 10.8 Å². The van der Waals surface area contributed by atoms with Crippen LogP contribution in [0, 0.1) is 12.3 Å². The van der Waals surface area contributed by atoms with Crippen molar-refractivity contribution in [1.29, 1.82) is 5.41 Å². The van der Waals surface area contributed by atoms with E-state index in [4.69, 9.17) is 26.6 Å². The molecule has 0 bridgehead atoms. The summed E-state index contributed by atoms with van der Waals surface area (Å²) in [6.45, 7) is 1.88. The molecule has 1 unspecified atom stereocenters. The fraction of sp³-hybridized carbons (Fsp3) is 0.118. The number of amides is 1. The Morgan fingerprint density at radius 2 is 2.24 bits per heavy atom. The Kier molecular flexibility index (Phi) is 5.08. The Balaban J connectivity index is 1.92. The van der Waals surface area contributed by atoms with Crippen molar-refractivity contribution >= 4 is 52.5 Å². The predicted molar refractivity (Wildman–Crippen MR) is 102 cm³/mol. The highest BCUT2D eigenvalue weighted by Gasteiger charge is 2.16. The van der Waals surface area contributed by atoms with Crippen LogP contribution in [0.5, 0.6) is 0 Å². The van der Waals surface area contributed by atoms with Gasteiger partial charge in [-0.1, -0.05) is 29.6 Å². The number of carbonyl (C=O) groups is 1. The first-order valence-electron chi connectivity index (χ1n) is 7.34. The van der Waals surface area contributed by atoms with Gasteiger partial charge in [-0.3, -0.25) is 9.93 Å². The number of carbonyl (C=O) groups excluding carboxylic acids is 1. The third-order valence-corrected chi connectivity index (χ3v) is 4.73. The van der Waals surface area contributed by atoms with Crippen LogP contribution in [0.1, 0.15) is 5.56 Å². The molecule has 0 saturated carbocycles. The molecule has 1 amide bonds. The second kappa shape index (κ2) is 7.26. The first kappa shape index (κ1) is 17.5. The number of fused-ring (bicyclic) bond motifs is 1. The van der Waals surface area contributed by atoms with E-state index in [1.807, 2.05) is 25.1 Å². The van der Waals surface area contributed by atoms with Crippen molar-refractivity contribution in [2.45, 2.75) is 12.2 Å². The average molecular weight is 375 g/mol. The third-order valence-electron chi connectivity index (χ3n) is 3.77. The molecule has 4 N–H and O–H groups in total. The molecule has 0 aliphatic rings. The van der Waals surface area contributed by atoms with E-state index in [0.29, 0.717) is 21.8 Å². The molecule has 0 saturated heterocycles. The van der Waals surface area contributed by atoms with Gasteiger partial charge in [0.25, 0.3) is 0 Å². The predicted octanol–water partition coefficient (Wildman–Crippen LogP) is 4.02. The van der Waals surface area contributed by atoms with Gasteiger partial charge in [-0.05, 0) is 42.3 Å². The fourth-order valence-corrected chi connectivity index (χ4v) is 2.98. The normalized spacial score (nSPS) is 12.1. The van der Waals surface area contributed by atoms with Crippen LogP contribution in [0.3, 0.4) is 0 Å². The number of nitrogens with two attached hydrogens (primary N) is 1. The Hall–Kier alpha value is -2.35. The van der Waals surface area contributed by atoms with Gasteiger partial charge in [0.15, 0.2) is 12.0 Å². The summed E-state index contributed by atoms with van der Waals surface area (Å²) in [7, 11) is 0. The highest BCUT2D eigenvalue weighted by atomic mass is 35.5. The van der Waals surface area contributed by atoms with Crippen molar-refractivity contribution in [1.82, 2.24) is 4.98 Å². The summed E-state index contributed by atoms with van der Waals surface area (Å²) in [5, 5.41) is 15.3. The number of nitrogens with one attached hydrogen (secondary N) is 2. The lowest BCUT2D eigenvalue weighted by atomic mass is 10.0. The number of nitrogens with zero attached hydrogens (tertiary/aromatic N) is 1. The van der Waals surface area contributed by atoms with Crippen LogP contribution in [0.15, 0.2) is 41.1 Å². The lowest BCUT2D eigenvalue weighted by Gasteiger charge is -2.13. The molecule has 25 heavy (non-hydrogen) atoms. The number of hydrogen-bond acceptors (Lipinski definition) is 6. The third kappa shape index (κ3) is 3.53. The van der Waals surface area contributed by atoms with E-state index in [-0.39, 0.29) is 5.91 Å². The standard InChI is InChI=1S/C17H15ClN4O2S/c1-9-4-10(2-3-13(9)22-17(23)16(7-19)25-20)11-5-15-14(6-12(11)18)21-8-24-15/h2-8,16,19H,20H2,1H3,(H,22,23). The van der Waals surface area contributed by atoms with Gasteiger partial charge >= 0.3 is 0 Å². The van der Waals surface area contributed by atoms with Gasteiger partial charge in [0.2, 0.25) is 5.91 Å². The molecule has 1 heterocycles. The Morgan fingerprint density at radius 1 is 1.44 bits per heavy atom. The minimum Gasteiger partial charge on any atom is -0.443 e. The molecule has 0 fully saturated rings. The van der Waals surface area contributed by atoms with Gasteiger partial charge in [-0.25, -0.2) is 4.98 Å². The van der Waals surface area contributed by atoms with Crippen molar-refractivity contribution < 1.29 is 9.21 Å². The smallest absolute Gasteiger partial charge is 0.244 e. The van der Waals surface area contributed by atoms with E-state index in [1.165, 1.54) is 6.39 Å². The molecular weight excluding hydrogens is 360 g/mol. The molecule has 2 aromatic carbocycles. The van der Waals surface area contributed by atoms with E-state index in [1.54, 1.807) is 12.1 Å². The number of oxazole rings is 1. The van der Waals surface area contributed by atoms with Crippen LogP contribution in [-0.2, 0) is 4.79 Å². The second-order valence-electron chi connectivity index (χ2n) is 5.39. The zero-order valence-electron chi connectivity index (χ0n) is 13.2.